The third kappa shape index (κ3) is 2.91. The SMILES string of the molecule is Cc1ccccc1[C@@H]1CCN(C(=O)C23CC4CC(CC(C4)C2)C3)CCS1. The van der Waals surface area contributed by atoms with E-state index in [2.05, 4.69) is 47.9 Å². The van der Waals surface area contributed by atoms with Crippen molar-refractivity contribution in [3.05, 3.63) is 35.4 Å². The number of aryl methyl sites for hydroxylation is 1. The van der Waals surface area contributed by atoms with Crippen LogP contribution >= 0.6 is 11.8 Å². The van der Waals surface area contributed by atoms with Crippen molar-refractivity contribution in [1.29, 1.82) is 0 Å². The maximum atomic E-state index is 13.6. The summed E-state index contributed by atoms with van der Waals surface area (Å²) in [6, 6.07) is 8.79. The summed E-state index contributed by atoms with van der Waals surface area (Å²) in [7, 11) is 0. The average molecular weight is 370 g/mol. The number of hydrogen-bond acceptors (Lipinski definition) is 2. The highest BCUT2D eigenvalue weighted by Crippen LogP contribution is 2.60. The Balaban J connectivity index is 1.31. The molecule has 0 aromatic heterocycles. The molecule has 26 heavy (non-hydrogen) atoms. The van der Waals surface area contributed by atoms with Crippen molar-refractivity contribution in [2.75, 3.05) is 18.8 Å². The molecule has 4 saturated carbocycles. The molecule has 4 bridgehead atoms. The Morgan fingerprint density at radius 1 is 1.04 bits per heavy atom. The summed E-state index contributed by atoms with van der Waals surface area (Å²) in [5.41, 5.74) is 2.90. The van der Waals surface area contributed by atoms with Gasteiger partial charge in [0.1, 0.15) is 0 Å². The molecule has 1 atom stereocenters. The van der Waals surface area contributed by atoms with Gasteiger partial charge in [-0.25, -0.2) is 0 Å². The molecule has 0 unspecified atom stereocenters. The third-order valence-corrected chi connectivity index (χ3v) is 8.97. The normalized spacial score (nSPS) is 39.0. The lowest BCUT2D eigenvalue weighted by molar-refractivity contribution is -0.157. The highest BCUT2D eigenvalue weighted by molar-refractivity contribution is 7.99. The molecule has 140 valence electrons. The monoisotopic (exact) mass is 369 g/mol. The Kier molecular flexibility index (Phi) is 4.34. The Labute approximate surface area is 162 Å². The topological polar surface area (TPSA) is 20.3 Å². The number of benzene rings is 1. The predicted octanol–water partition coefficient (Wildman–Crippen LogP) is 5.22. The van der Waals surface area contributed by atoms with Gasteiger partial charge in [-0.2, -0.15) is 11.8 Å². The maximum Gasteiger partial charge on any atom is 0.228 e. The van der Waals surface area contributed by atoms with E-state index in [0.29, 0.717) is 11.2 Å². The summed E-state index contributed by atoms with van der Waals surface area (Å²) in [6.07, 6.45) is 8.94. The van der Waals surface area contributed by atoms with Crippen molar-refractivity contribution in [2.24, 2.45) is 23.2 Å². The molecule has 6 rings (SSSR count). The summed E-state index contributed by atoms with van der Waals surface area (Å²) in [5.74, 6) is 4.17. The van der Waals surface area contributed by atoms with E-state index in [1.165, 1.54) is 49.7 Å². The highest BCUT2D eigenvalue weighted by atomic mass is 32.2. The van der Waals surface area contributed by atoms with E-state index in [-0.39, 0.29) is 5.41 Å². The van der Waals surface area contributed by atoms with Crippen LogP contribution in [0.3, 0.4) is 0 Å². The molecule has 1 amide bonds. The molecule has 5 aliphatic rings. The van der Waals surface area contributed by atoms with Crippen LogP contribution in [-0.2, 0) is 4.79 Å². The quantitative estimate of drug-likeness (QED) is 0.712. The van der Waals surface area contributed by atoms with Gasteiger partial charge in [0.25, 0.3) is 0 Å². The summed E-state index contributed by atoms with van der Waals surface area (Å²) < 4.78 is 0. The highest BCUT2D eigenvalue weighted by Gasteiger charge is 2.55. The number of rotatable bonds is 2. The molecule has 4 aliphatic carbocycles. The van der Waals surface area contributed by atoms with Crippen molar-refractivity contribution in [2.45, 2.75) is 57.1 Å². The molecule has 0 N–H and O–H groups in total. The first-order valence-electron chi connectivity index (χ1n) is 10.6. The van der Waals surface area contributed by atoms with Gasteiger partial charge in [0.05, 0.1) is 5.41 Å². The molecule has 1 saturated heterocycles. The second-order valence-electron chi connectivity index (χ2n) is 9.49. The molecular formula is C23H31NOS. The average Bonchev–Trinajstić information content (AvgIpc) is 2.86. The molecule has 0 spiro atoms. The van der Waals surface area contributed by atoms with Crippen LogP contribution in [0.2, 0.25) is 0 Å². The Morgan fingerprint density at radius 3 is 2.35 bits per heavy atom. The standard InChI is InChI=1S/C23H31NOS/c1-16-4-2-3-5-20(16)21-6-7-24(8-9-26-21)22(25)23-13-17-10-18(14-23)12-19(11-17)15-23/h2-5,17-19,21H,6-15H2,1H3/t17?,18?,19?,21-,23?/m0/s1. The van der Waals surface area contributed by atoms with Crippen molar-refractivity contribution in [1.82, 2.24) is 4.90 Å². The van der Waals surface area contributed by atoms with Crippen molar-refractivity contribution >= 4 is 17.7 Å². The third-order valence-electron chi connectivity index (χ3n) is 7.66. The first kappa shape index (κ1) is 17.2. The minimum atomic E-state index is 0.0297. The van der Waals surface area contributed by atoms with Crippen molar-refractivity contribution in [3.63, 3.8) is 0 Å². The number of carbonyl (C=O) groups is 1. The van der Waals surface area contributed by atoms with E-state index in [1.807, 2.05) is 0 Å². The lowest BCUT2D eigenvalue weighted by atomic mass is 9.49. The van der Waals surface area contributed by atoms with Gasteiger partial charge in [-0.1, -0.05) is 24.3 Å². The first-order chi connectivity index (χ1) is 12.6. The van der Waals surface area contributed by atoms with Gasteiger partial charge >= 0.3 is 0 Å². The minimum absolute atomic E-state index is 0.0297. The number of nitrogens with zero attached hydrogens (tertiary/aromatic N) is 1. The van der Waals surface area contributed by atoms with Crippen LogP contribution in [0.5, 0.6) is 0 Å². The Bertz CT molecular complexity index is 664. The van der Waals surface area contributed by atoms with Crippen molar-refractivity contribution in [3.8, 4) is 0 Å². The maximum absolute atomic E-state index is 13.6. The van der Waals surface area contributed by atoms with Gasteiger partial charge in [-0.15, -0.1) is 0 Å². The van der Waals surface area contributed by atoms with Gasteiger partial charge < -0.3 is 4.90 Å². The zero-order chi connectivity index (χ0) is 17.7. The van der Waals surface area contributed by atoms with Crippen LogP contribution in [0.1, 0.15) is 61.3 Å². The van der Waals surface area contributed by atoms with E-state index < -0.39 is 0 Å². The van der Waals surface area contributed by atoms with Gasteiger partial charge in [0, 0.05) is 24.1 Å². The minimum Gasteiger partial charge on any atom is -0.341 e. The van der Waals surface area contributed by atoms with E-state index in [1.54, 1.807) is 0 Å². The van der Waals surface area contributed by atoms with E-state index in [9.17, 15) is 4.79 Å². The van der Waals surface area contributed by atoms with Gasteiger partial charge in [-0.3, -0.25) is 4.79 Å². The first-order valence-corrected chi connectivity index (χ1v) is 11.6. The molecular weight excluding hydrogens is 338 g/mol. The second-order valence-corrected chi connectivity index (χ2v) is 10.8. The predicted molar refractivity (Wildman–Crippen MR) is 108 cm³/mol. The molecule has 0 radical (unpaired) electrons. The van der Waals surface area contributed by atoms with Crippen LogP contribution < -0.4 is 0 Å². The molecule has 2 nitrogen and oxygen atoms in total. The Morgan fingerprint density at radius 2 is 1.69 bits per heavy atom. The number of hydrogen-bond donors (Lipinski definition) is 0. The van der Waals surface area contributed by atoms with Gasteiger partial charge in [-0.05, 0) is 80.8 Å². The largest absolute Gasteiger partial charge is 0.341 e. The number of amides is 1. The van der Waals surface area contributed by atoms with Crippen LogP contribution in [0.15, 0.2) is 24.3 Å². The van der Waals surface area contributed by atoms with Crippen LogP contribution in [-0.4, -0.2) is 29.6 Å². The second kappa shape index (κ2) is 6.58. The zero-order valence-corrected chi connectivity index (χ0v) is 16.8. The van der Waals surface area contributed by atoms with Gasteiger partial charge in [0.2, 0.25) is 5.91 Å². The fourth-order valence-corrected chi connectivity index (χ4v) is 8.20. The van der Waals surface area contributed by atoms with Crippen LogP contribution in [0.4, 0.5) is 0 Å². The summed E-state index contributed by atoms with van der Waals surface area (Å²) in [4.78, 5) is 15.9. The van der Waals surface area contributed by atoms with E-state index in [0.717, 1.165) is 43.0 Å². The molecule has 1 aromatic carbocycles. The summed E-state index contributed by atoms with van der Waals surface area (Å²) >= 11 is 2.06. The molecule has 3 heteroatoms. The summed E-state index contributed by atoms with van der Waals surface area (Å²) in [5, 5.41) is 0.547. The van der Waals surface area contributed by atoms with Crippen LogP contribution in [0.25, 0.3) is 0 Å². The van der Waals surface area contributed by atoms with Crippen LogP contribution in [0, 0.1) is 30.1 Å². The summed E-state index contributed by atoms with van der Waals surface area (Å²) in [6.45, 7) is 4.12. The fourth-order valence-electron chi connectivity index (χ4n) is 6.88. The van der Waals surface area contributed by atoms with Crippen molar-refractivity contribution < 1.29 is 4.79 Å². The zero-order valence-electron chi connectivity index (χ0n) is 16.0. The van der Waals surface area contributed by atoms with E-state index >= 15 is 0 Å². The smallest absolute Gasteiger partial charge is 0.228 e. The number of thioether (sulfide) groups is 1. The lowest BCUT2D eigenvalue weighted by Gasteiger charge is -2.56. The Hall–Kier alpha value is -0.960. The molecule has 5 fully saturated rings. The fraction of sp³-hybridized carbons (Fsp3) is 0.696. The number of carbonyl (C=O) groups excluding carboxylic acids is 1. The molecule has 1 aliphatic heterocycles. The van der Waals surface area contributed by atoms with E-state index in [4.69, 9.17) is 0 Å². The molecule has 1 aromatic rings. The van der Waals surface area contributed by atoms with Gasteiger partial charge in [0.15, 0.2) is 0 Å². The molecule has 1 heterocycles. The lowest BCUT2D eigenvalue weighted by Crippen LogP contribution is -2.54.